The zero-order valence-electron chi connectivity index (χ0n) is 13.3. The molecule has 2 N–H and O–H groups in total. The molecule has 0 bridgehead atoms. The molecule has 24 heavy (non-hydrogen) atoms. The molecule has 3 rings (SSSR count). The van der Waals surface area contributed by atoms with E-state index in [-0.39, 0.29) is 18.1 Å². The van der Waals surface area contributed by atoms with Gasteiger partial charge in [-0.3, -0.25) is 15.1 Å². The number of amides is 1. The Balaban J connectivity index is 1.77. The standard InChI is InChI=1S/C16H19F2N3O3/c1-10(22)19-9-12-8-15(20-24-12)11-6-13(17)16(14(18)7-11)21-2-4-23-5-3-21/h6-8,12,20H,2-5,9H2,1H3,(H,19,22). The highest BCUT2D eigenvalue weighted by Gasteiger charge is 2.23. The summed E-state index contributed by atoms with van der Waals surface area (Å²) in [5, 5.41) is 2.62. The molecule has 0 radical (unpaired) electrons. The first kappa shape index (κ1) is 16.7. The molecule has 1 unspecified atom stereocenters. The van der Waals surface area contributed by atoms with Gasteiger partial charge in [-0.05, 0) is 18.2 Å². The Morgan fingerprint density at radius 2 is 2.00 bits per heavy atom. The molecule has 2 heterocycles. The molecular weight excluding hydrogens is 320 g/mol. The number of hydrogen-bond donors (Lipinski definition) is 2. The summed E-state index contributed by atoms with van der Waals surface area (Å²) in [7, 11) is 0. The van der Waals surface area contributed by atoms with Crippen LogP contribution in [0.4, 0.5) is 14.5 Å². The number of carbonyl (C=O) groups is 1. The van der Waals surface area contributed by atoms with Gasteiger partial charge in [0, 0.05) is 25.6 Å². The van der Waals surface area contributed by atoms with Gasteiger partial charge in [-0.1, -0.05) is 0 Å². The molecule has 1 aromatic carbocycles. The summed E-state index contributed by atoms with van der Waals surface area (Å²) in [5.41, 5.74) is 3.44. The van der Waals surface area contributed by atoms with Gasteiger partial charge in [0.1, 0.15) is 23.4 Å². The Morgan fingerprint density at radius 1 is 1.33 bits per heavy atom. The second kappa shape index (κ2) is 7.14. The van der Waals surface area contributed by atoms with Crippen molar-refractivity contribution in [1.82, 2.24) is 10.8 Å². The highest BCUT2D eigenvalue weighted by atomic mass is 19.1. The van der Waals surface area contributed by atoms with Crippen molar-refractivity contribution < 1.29 is 23.1 Å². The minimum atomic E-state index is -0.625. The van der Waals surface area contributed by atoms with Crippen LogP contribution in [0.25, 0.3) is 5.70 Å². The van der Waals surface area contributed by atoms with E-state index in [1.165, 1.54) is 19.1 Å². The summed E-state index contributed by atoms with van der Waals surface area (Å²) in [6.45, 7) is 3.49. The van der Waals surface area contributed by atoms with Gasteiger partial charge in [-0.2, -0.15) is 0 Å². The topological polar surface area (TPSA) is 62.8 Å². The predicted octanol–water partition coefficient (Wildman–Crippen LogP) is 1.18. The molecule has 130 valence electrons. The number of halogens is 2. The zero-order valence-corrected chi connectivity index (χ0v) is 13.3. The molecule has 8 heteroatoms. The second-order valence-corrected chi connectivity index (χ2v) is 5.66. The lowest BCUT2D eigenvalue weighted by atomic mass is 10.1. The maximum absolute atomic E-state index is 14.4. The number of ether oxygens (including phenoxy) is 1. The van der Waals surface area contributed by atoms with Crippen molar-refractivity contribution in [2.75, 3.05) is 37.7 Å². The van der Waals surface area contributed by atoms with Crippen molar-refractivity contribution in [3.8, 4) is 0 Å². The lowest BCUT2D eigenvalue weighted by molar-refractivity contribution is -0.119. The van der Waals surface area contributed by atoms with E-state index in [2.05, 4.69) is 10.8 Å². The average molecular weight is 339 g/mol. The van der Waals surface area contributed by atoms with Crippen LogP contribution in [-0.2, 0) is 14.4 Å². The number of morpholine rings is 1. The van der Waals surface area contributed by atoms with E-state index in [0.29, 0.717) is 37.6 Å². The minimum Gasteiger partial charge on any atom is -0.378 e. The highest BCUT2D eigenvalue weighted by Crippen LogP contribution is 2.29. The van der Waals surface area contributed by atoms with Crippen LogP contribution in [0, 0.1) is 11.6 Å². The summed E-state index contributed by atoms with van der Waals surface area (Å²) < 4.78 is 34.1. The van der Waals surface area contributed by atoms with E-state index >= 15 is 0 Å². The van der Waals surface area contributed by atoms with Crippen LogP contribution < -0.4 is 15.7 Å². The third-order valence-corrected chi connectivity index (χ3v) is 3.88. The smallest absolute Gasteiger partial charge is 0.216 e. The number of hydrogen-bond acceptors (Lipinski definition) is 5. The Bertz CT molecular complexity index is 637. The molecule has 1 amide bonds. The van der Waals surface area contributed by atoms with Crippen molar-refractivity contribution in [2.45, 2.75) is 13.0 Å². The van der Waals surface area contributed by atoms with E-state index in [9.17, 15) is 13.6 Å². The van der Waals surface area contributed by atoms with E-state index in [0.717, 1.165) is 0 Å². The minimum absolute atomic E-state index is 0.0311. The fourth-order valence-corrected chi connectivity index (χ4v) is 2.70. The van der Waals surface area contributed by atoms with Crippen molar-refractivity contribution in [3.05, 3.63) is 35.4 Å². The van der Waals surface area contributed by atoms with Gasteiger partial charge in [-0.25, -0.2) is 8.78 Å². The summed E-state index contributed by atoms with van der Waals surface area (Å²) in [6, 6.07) is 2.55. The summed E-state index contributed by atoms with van der Waals surface area (Å²) >= 11 is 0. The monoisotopic (exact) mass is 339 g/mol. The quantitative estimate of drug-likeness (QED) is 0.863. The Labute approximate surface area is 138 Å². The van der Waals surface area contributed by atoms with Crippen LogP contribution in [0.5, 0.6) is 0 Å². The molecule has 0 aliphatic carbocycles. The van der Waals surface area contributed by atoms with Crippen molar-refractivity contribution in [1.29, 1.82) is 0 Å². The average Bonchev–Trinajstić information content (AvgIpc) is 3.02. The number of nitrogens with zero attached hydrogens (tertiary/aromatic N) is 1. The third kappa shape index (κ3) is 3.65. The largest absolute Gasteiger partial charge is 0.378 e. The molecule has 2 aliphatic heterocycles. The van der Waals surface area contributed by atoms with Crippen LogP contribution in [-0.4, -0.2) is 44.9 Å². The van der Waals surface area contributed by atoms with E-state index in [4.69, 9.17) is 9.57 Å². The van der Waals surface area contributed by atoms with E-state index in [1.807, 2.05) is 0 Å². The number of hydroxylamine groups is 1. The fraction of sp³-hybridized carbons (Fsp3) is 0.438. The third-order valence-electron chi connectivity index (χ3n) is 3.88. The summed E-state index contributed by atoms with van der Waals surface area (Å²) in [5.74, 6) is -1.42. The fourth-order valence-electron chi connectivity index (χ4n) is 2.70. The molecule has 0 aromatic heterocycles. The zero-order chi connectivity index (χ0) is 17.1. The van der Waals surface area contributed by atoms with E-state index < -0.39 is 17.7 Å². The predicted molar refractivity (Wildman–Crippen MR) is 84.1 cm³/mol. The highest BCUT2D eigenvalue weighted by molar-refractivity contribution is 5.73. The normalized spacial score (nSPS) is 20.5. The summed E-state index contributed by atoms with van der Waals surface area (Å²) in [4.78, 5) is 17.8. The van der Waals surface area contributed by atoms with Crippen LogP contribution >= 0.6 is 0 Å². The molecule has 1 aromatic rings. The maximum Gasteiger partial charge on any atom is 0.216 e. The molecule has 0 saturated carbocycles. The van der Waals surface area contributed by atoms with Crippen molar-refractivity contribution >= 4 is 17.3 Å². The van der Waals surface area contributed by atoms with Gasteiger partial charge in [-0.15, -0.1) is 0 Å². The van der Waals surface area contributed by atoms with Crippen LogP contribution in [0.15, 0.2) is 18.2 Å². The second-order valence-electron chi connectivity index (χ2n) is 5.66. The number of carbonyl (C=O) groups excluding carboxylic acids is 1. The first-order valence-electron chi connectivity index (χ1n) is 7.74. The number of benzene rings is 1. The lowest BCUT2D eigenvalue weighted by Crippen LogP contribution is -2.37. The van der Waals surface area contributed by atoms with E-state index in [1.54, 1.807) is 11.0 Å². The van der Waals surface area contributed by atoms with Gasteiger partial charge >= 0.3 is 0 Å². The number of nitrogens with one attached hydrogen (secondary N) is 2. The van der Waals surface area contributed by atoms with Crippen molar-refractivity contribution in [2.24, 2.45) is 0 Å². The van der Waals surface area contributed by atoms with Crippen LogP contribution in [0.1, 0.15) is 12.5 Å². The van der Waals surface area contributed by atoms with Gasteiger partial charge in [0.2, 0.25) is 5.91 Å². The lowest BCUT2D eigenvalue weighted by Gasteiger charge is -2.29. The first-order chi connectivity index (χ1) is 11.5. The SMILES string of the molecule is CC(=O)NCC1C=C(c2cc(F)c(N3CCOCC3)c(F)c2)NO1. The molecule has 1 fully saturated rings. The Hall–Kier alpha value is -2.19. The Kier molecular flexibility index (Phi) is 4.96. The number of anilines is 1. The molecule has 6 nitrogen and oxygen atoms in total. The van der Waals surface area contributed by atoms with Crippen LogP contribution in [0.2, 0.25) is 0 Å². The van der Waals surface area contributed by atoms with Crippen molar-refractivity contribution in [3.63, 3.8) is 0 Å². The van der Waals surface area contributed by atoms with Gasteiger partial charge in [0.15, 0.2) is 0 Å². The van der Waals surface area contributed by atoms with Gasteiger partial charge in [0.25, 0.3) is 0 Å². The summed E-state index contributed by atoms with van der Waals surface area (Å²) in [6.07, 6.45) is 1.28. The molecule has 0 spiro atoms. The Morgan fingerprint density at radius 3 is 2.62 bits per heavy atom. The van der Waals surface area contributed by atoms with Gasteiger partial charge < -0.3 is 15.0 Å². The molecule has 1 atom stereocenters. The molecular formula is C16H19F2N3O3. The molecule has 1 saturated heterocycles. The first-order valence-corrected chi connectivity index (χ1v) is 7.74. The number of rotatable bonds is 4. The maximum atomic E-state index is 14.4. The van der Waals surface area contributed by atoms with Gasteiger partial charge in [0.05, 0.1) is 25.5 Å². The molecule has 2 aliphatic rings. The van der Waals surface area contributed by atoms with Crippen LogP contribution in [0.3, 0.4) is 0 Å².